The molecule has 1 aromatic rings. The number of nitrogens with zero attached hydrogens (tertiary/aromatic N) is 1. The Hall–Kier alpha value is -0.980. The van der Waals surface area contributed by atoms with E-state index >= 15 is 0 Å². The molecule has 1 heterocycles. The Bertz CT molecular complexity index is 525. The fourth-order valence-corrected chi connectivity index (χ4v) is 3.76. The normalized spacial score (nSPS) is 20.2. The summed E-state index contributed by atoms with van der Waals surface area (Å²) in [5, 5.41) is 0. The quantitative estimate of drug-likeness (QED) is 0.842. The van der Waals surface area contributed by atoms with Gasteiger partial charge in [-0.25, -0.2) is 12.8 Å². The average Bonchev–Trinajstić information content (AvgIpc) is 2.62. The van der Waals surface area contributed by atoms with Gasteiger partial charge in [-0.2, -0.15) is 4.31 Å². The van der Waals surface area contributed by atoms with E-state index in [1.807, 2.05) is 13.8 Å². The van der Waals surface area contributed by atoms with E-state index in [2.05, 4.69) is 0 Å². The fourth-order valence-electron chi connectivity index (χ4n) is 1.95. The van der Waals surface area contributed by atoms with Gasteiger partial charge in [0.15, 0.2) is 0 Å². The molecule has 0 bridgehead atoms. The topological polar surface area (TPSA) is 46.6 Å². The van der Waals surface area contributed by atoms with E-state index in [0.717, 1.165) is 0 Å². The predicted octanol–water partition coefficient (Wildman–Crippen LogP) is 1.72. The number of benzene rings is 1. The minimum atomic E-state index is -3.45. The van der Waals surface area contributed by atoms with Gasteiger partial charge in [0.25, 0.3) is 0 Å². The number of sulfonamides is 1. The third-order valence-electron chi connectivity index (χ3n) is 2.94. The van der Waals surface area contributed by atoms with Gasteiger partial charge in [0.05, 0.1) is 17.9 Å². The lowest BCUT2D eigenvalue weighted by Crippen LogP contribution is -2.44. The van der Waals surface area contributed by atoms with Crippen molar-refractivity contribution in [2.45, 2.75) is 25.1 Å². The van der Waals surface area contributed by atoms with Crippen LogP contribution in [0, 0.1) is 5.82 Å². The molecule has 1 fully saturated rings. The summed E-state index contributed by atoms with van der Waals surface area (Å²) >= 11 is 0. The summed E-state index contributed by atoms with van der Waals surface area (Å²) in [5.41, 5.74) is 0.0397. The summed E-state index contributed by atoms with van der Waals surface area (Å²) in [6.45, 7) is 4.11. The molecule has 0 aliphatic carbocycles. The first kappa shape index (κ1) is 13.5. The minimum absolute atomic E-state index is 0.0799. The van der Waals surface area contributed by atoms with E-state index in [9.17, 15) is 12.8 Å². The number of rotatable bonds is 3. The first-order valence-corrected chi connectivity index (χ1v) is 7.25. The van der Waals surface area contributed by atoms with Crippen molar-refractivity contribution >= 4 is 10.0 Å². The Morgan fingerprint density at radius 1 is 1.33 bits per heavy atom. The molecule has 0 aromatic heterocycles. The lowest BCUT2D eigenvalue weighted by molar-refractivity contribution is 0.171. The summed E-state index contributed by atoms with van der Waals surface area (Å²) in [6.07, 6.45) is 0. The second-order valence-corrected chi connectivity index (χ2v) is 6.91. The molecule has 0 N–H and O–H groups in total. The molecule has 1 aromatic carbocycles. The lowest BCUT2D eigenvalue weighted by atomic mass is 10.1. The minimum Gasteiger partial charge on any atom is -0.363 e. The molecule has 0 unspecified atom stereocenters. The van der Waals surface area contributed by atoms with Gasteiger partial charge < -0.3 is 4.74 Å². The van der Waals surface area contributed by atoms with E-state index in [1.54, 1.807) is 0 Å². The molecular weight excluding hydrogens is 257 g/mol. The van der Waals surface area contributed by atoms with Crippen LogP contribution in [0.3, 0.4) is 0 Å². The van der Waals surface area contributed by atoms with E-state index in [-0.39, 0.29) is 18.3 Å². The molecule has 0 saturated carbocycles. The first-order chi connectivity index (χ1) is 8.31. The summed E-state index contributed by atoms with van der Waals surface area (Å²) in [4.78, 5) is 0. The van der Waals surface area contributed by atoms with Gasteiger partial charge in [0.1, 0.15) is 12.5 Å². The van der Waals surface area contributed by atoms with Crippen LogP contribution in [0.4, 0.5) is 4.39 Å². The van der Waals surface area contributed by atoms with Gasteiger partial charge in [-0.15, -0.1) is 0 Å². The number of hydrogen-bond acceptors (Lipinski definition) is 3. The van der Waals surface area contributed by atoms with Crippen LogP contribution < -0.4 is 0 Å². The smallest absolute Gasteiger partial charge is 0.220 e. The Kier molecular flexibility index (Phi) is 3.44. The molecule has 0 spiro atoms. The summed E-state index contributed by atoms with van der Waals surface area (Å²) in [7, 11) is -3.45. The van der Waals surface area contributed by atoms with Crippen LogP contribution >= 0.6 is 0 Å². The van der Waals surface area contributed by atoms with Crippen molar-refractivity contribution in [3.05, 3.63) is 35.6 Å². The molecule has 18 heavy (non-hydrogen) atoms. The average molecular weight is 273 g/mol. The van der Waals surface area contributed by atoms with Gasteiger partial charge in [0, 0.05) is 0 Å². The highest BCUT2D eigenvalue weighted by Crippen LogP contribution is 2.26. The van der Waals surface area contributed by atoms with Crippen LogP contribution in [-0.4, -0.2) is 31.6 Å². The van der Waals surface area contributed by atoms with Crippen molar-refractivity contribution in [3.63, 3.8) is 0 Å². The van der Waals surface area contributed by atoms with Crippen molar-refractivity contribution in [2.24, 2.45) is 0 Å². The second-order valence-electron chi connectivity index (χ2n) is 5.02. The maximum Gasteiger partial charge on any atom is 0.220 e. The Balaban J connectivity index is 2.20. The first-order valence-electron chi connectivity index (χ1n) is 5.64. The largest absolute Gasteiger partial charge is 0.363 e. The van der Waals surface area contributed by atoms with Gasteiger partial charge in [-0.3, -0.25) is 0 Å². The summed E-state index contributed by atoms with van der Waals surface area (Å²) in [6, 6.07) is 5.49. The van der Waals surface area contributed by atoms with Gasteiger partial charge in [0.2, 0.25) is 10.0 Å². The second kappa shape index (κ2) is 4.60. The van der Waals surface area contributed by atoms with Crippen molar-refractivity contribution in [3.8, 4) is 0 Å². The number of halogens is 1. The molecule has 4 nitrogen and oxygen atoms in total. The zero-order valence-electron chi connectivity index (χ0n) is 10.4. The highest BCUT2D eigenvalue weighted by Gasteiger charge is 2.41. The number of hydrogen-bond donors (Lipinski definition) is 0. The van der Waals surface area contributed by atoms with Crippen LogP contribution in [-0.2, 0) is 20.5 Å². The standard InChI is InChI=1S/C12H16FNO3S/c1-12(2)8-17-9-14(12)18(15,16)7-10-3-5-11(13)6-4-10/h3-6H,7-9H2,1-2H3. The van der Waals surface area contributed by atoms with Crippen LogP contribution in [0.1, 0.15) is 19.4 Å². The van der Waals surface area contributed by atoms with Crippen molar-refractivity contribution < 1.29 is 17.5 Å². The predicted molar refractivity (Wildman–Crippen MR) is 65.8 cm³/mol. The monoisotopic (exact) mass is 273 g/mol. The zero-order valence-corrected chi connectivity index (χ0v) is 11.2. The van der Waals surface area contributed by atoms with E-state index in [4.69, 9.17) is 4.74 Å². The maximum absolute atomic E-state index is 12.8. The Morgan fingerprint density at radius 2 is 1.94 bits per heavy atom. The Morgan fingerprint density at radius 3 is 2.44 bits per heavy atom. The van der Waals surface area contributed by atoms with Gasteiger partial charge in [-0.1, -0.05) is 12.1 Å². The van der Waals surface area contributed by atoms with E-state index in [0.29, 0.717) is 12.2 Å². The van der Waals surface area contributed by atoms with Crippen LogP contribution in [0.25, 0.3) is 0 Å². The van der Waals surface area contributed by atoms with Crippen molar-refractivity contribution in [1.29, 1.82) is 0 Å². The highest BCUT2D eigenvalue weighted by molar-refractivity contribution is 7.88. The van der Waals surface area contributed by atoms with Crippen molar-refractivity contribution in [2.75, 3.05) is 13.3 Å². The van der Waals surface area contributed by atoms with E-state index in [1.165, 1.54) is 28.6 Å². The molecule has 1 aliphatic rings. The molecule has 1 saturated heterocycles. The Labute approximate surface area is 106 Å². The third-order valence-corrected chi connectivity index (χ3v) is 4.91. The number of ether oxygens (including phenoxy) is 1. The lowest BCUT2D eigenvalue weighted by Gasteiger charge is -2.28. The summed E-state index contributed by atoms with van der Waals surface area (Å²) < 4.78 is 43.8. The molecule has 2 rings (SSSR count). The summed E-state index contributed by atoms with van der Waals surface area (Å²) in [5.74, 6) is -0.513. The zero-order chi connectivity index (χ0) is 13.4. The molecular formula is C12H16FNO3S. The fraction of sp³-hybridized carbons (Fsp3) is 0.500. The SMILES string of the molecule is CC1(C)COCN1S(=O)(=O)Cc1ccc(F)cc1. The highest BCUT2D eigenvalue weighted by atomic mass is 32.2. The molecule has 0 atom stereocenters. The van der Waals surface area contributed by atoms with Crippen molar-refractivity contribution in [1.82, 2.24) is 4.31 Å². The third kappa shape index (κ3) is 2.71. The maximum atomic E-state index is 12.8. The van der Waals surface area contributed by atoms with Gasteiger partial charge >= 0.3 is 0 Å². The molecule has 0 radical (unpaired) electrons. The van der Waals surface area contributed by atoms with Gasteiger partial charge in [-0.05, 0) is 31.5 Å². The van der Waals surface area contributed by atoms with Crippen LogP contribution in [0.2, 0.25) is 0 Å². The molecule has 1 aliphatic heterocycles. The van der Waals surface area contributed by atoms with E-state index < -0.39 is 15.6 Å². The molecule has 0 amide bonds. The van der Waals surface area contributed by atoms with Crippen LogP contribution in [0.15, 0.2) is 24.3 Å². The molecule has 100 valence electrons. The van der Waals surface area contributed by atoms with Crippen LogP contribution in [0.5, 0.6) is 0 Å². The molecule has 6 heteroatoms.